The highest BCUT2D eigenvalue weighted by Crippen LogP contribution is 2.22. The average molecular weight is 256 g/mol. The molecule has 102 valence electrons. The highest BCUT2D eigenvalue weighted by molar-refractivity contribution is 5.21. The Balaban J connectivity index is 2.73. The molecule has 2 N–H and O–H groups in total. The van der Waals surface area contributed by atoms with Crippen molar-refractivity contribution < 1.29 is 19.4 Å². The number of rotatable bonds is 7. The van der Waals surface area contributed by atoms with Crippen LogP contribution in [0.4, 0.5) is 0 Å². The van der Waals surface area contributed by atoms with Crippen LogP contribution in [0.15, 0.2) is 21.3 Å². The van der Waals surface area contributed by atoms with Gasteiger partial charge in [-0.2, -0.15) is 0 Å². The lowest BCUT2D eigenvalue weighted by Crippen LogP contribution is -2.19. The average Bonchev–Trinajstić information content (AvgIpc) is 2.37. The van der Waals surface area contributed by atoms with Crippen molar-refractivity contribution in [3.63, 3.8) is 0 Å². The van der Waals surface area contributed by atoms with Crippen molar-refractivity contribution in [2.24, 2.45) is 0 Å². The molecular formula is C13H20O5. The van der Waals surface area contributed by atoms with Gasteiger partial charge in [0.25, 0.3) is 0 Å². The summed E-state index contributed by atoms with van der Waals surface area (Å²) in [5.74, 6) is 0.337. The fourth-order valence-electron chi connectivity index (χ4n) is 1.69. The summed E-state index contributed by atoms with van der Waals surface area (Å²) in [4.78, 5) is 11.2. The van der Waals surface area contributed by atoms with Crippen LogP contribution in [0.3, 0.4) is 0 Å². The van der Waals surface area contributed by atoms with E-state index in [2.05, 4.69) is 6.92 Å². The Kier molecular flexibility index (Phi) is 5.88. The highest BCUT2D eigenvalue weighted by atomic mass is 16.5. The second-order valence-corrected chi connectivity index (χ2v) is 4.23. The predicted octanol–water partition coefficient (Wildman–Crippen LogP) is 1.62. The Morgan fingerprint density at radius 2 is 2.06 bits per heavy atom. The zero-order valence-electron chi connectivity index (χ0n) is 10.8. The molecule has 1 heterocycles. The third-order valence-electron chi connectivity index (χ3n) is 2.76. The summed E-state index contributed by atoms with van der Waals surface area (Å²) >= 11 is 0. The summed E-state index contributed by atoms with van der Waals surface area (Å²) in [6.45, 7) is 2.06. The van der Waals surface area contributed by atoms with Crippen LogP contribution >= 0.6 is 0 Å². The Morgan fingerprint density at radius 3 is 2.67 bits per heavy atom. The zero-order valence-corrected chi connectivity index (χ0v) is 10.8. The smallest absolute Gasteiger partial charge is 0.339 e. The first-order valence-electron chi connectivity index (χ1n) is 6.13. The number of ether oxygens (including phenoxy) is 1. The van der Waals surface area contributed by atoms with Crippen molar-refractivity contribution in [1.82, 2.24) is 0 Å². The van der Waals surface area contributed by atoms with E-state index in [1.54, 1.807) is 0 Å². The first kappa shape index (κ1) is 14.7. The number of methoxy groups -OCH3 is 1. The van der Waals surface area contributed by atoms with Crippen molar-refractivity contribution >= 4 is 0 Å². The molecule has 2 atom stereocenters. The van der Waals surface area contributed by atoms with Crippen molar-refractivity contribution in [2.75, 3.05) is 7.11 Å². The molecule has 0 bridgehead atoms. The maximum absolute atomic E-state index is 11.2. The van der Waals surface area contributed by atoms with Gasteiger partial charge in [0, 0.05) is 6.07 Å². The predicted molar refractivity (Wildman–Crippen MR) is 66.6 cm³/mol. The zero-order chi connectivity index (χ0) is 13.5. The lowest BCUT2D eigenvalue weighted by Gasteiger charge is -2.16. The van der Waals surface area contributed by atoms with Crippen molar-refractivity contribution in [3.05, 3.63) is 28.3 Å². The Labute approximate surface area is 106 Å². The molecule has 5 heteroatoms. The second kappa shape index (κ2) is 7.18. The molecule has 0 spiro atoms. The minimum absolute atomic E-state index is 0.0309. The molecule has 5 nitrogen and oxygen atoms in total. The van der Waals surface area contributed by atoms with E-state index in [-0.39, 0.29) is 5.76 Å². The van der Waals surface area contributed by atoms with Crippen LogP contribution in [0, 0.1) is 0 Å². The summed E-state index contributed by atoms with van der Waals surface area (Å²) in [5.41, 5.74) is -0.607. The van der Waals surface area contributed by atoms with Crippen LogP contribution in [0.25, 0.3) is 0 Å². The minimum atomic E-state index is -1.20. The van der Waals surface area contributed by atoms with Crippen LogP contribution in [-0.4, -0.2) is 23.4 Å². The second-order valence-electron chi connectivity index (χ2n) is 4.23. The summed E-state index contributed by atoms with van der Waals surface area (Å²) < 4.78 is 9.77. The van der Waals surface area contributed by atoms with Gasteiger partial charge in [-0.05, 0) is 6.42 Å². The summed E-state index contributed by atoms with van der Waals surface area (Å²) in [5, 5.41) is 19.7. The molecule has 18 heavy (non-hydrogen) atoms. The quantitative estimate of drug-likeness (QED) is 0.725. The molecule has 0 aliphatic rings. The number of aliphatic hydroxyl groups excluding tert-OH is 2. The van der Waals surface area contributed by atoms with Gasteiger partial charge in [-0.3, -0.25) is 0 Å². The number of hydrogen-bond acceptors (Lipinski definition) is 5. The van der Waals surface area contributed by atoms with Crippen LogP contribution in [0.5, 0.6) is 5.75 Å². The van der Waals surface area contributed by atoms with E-state index in [1.807, 2.05) is 0 Å². The van der Waals surface area contributed by atoms with Gasteiger partial charge in [-0.1, -0.05) is 26.2 Å². The van der Waals surface area contributed by atoms with Gasteiger partial charge in [0.15, 0.2) is 0 Å². The molecule has 0 saturated heterocycles. The van der Waals surface area contributed by atoms with Crippen molar-refractivity contribution in [1.29, 1.82) is 0 Å². The molecule has 0 aliphatic heterocycles. The van der Waals surface area contributed by atoms with Gasteiger partial charge in [-0.15, -0.1) is 0 Å². The molecule has 0 aliphatic carbocycles. The third-order valence-corrected chi connectivity index (χ3v) is 2.76. The topological polar surface area (TPSA) is 79.9 Å². The lowest BCUT2D eigenvalue weighted by molar-refractivity contribution is -0.00218. The molecule has 0 amide bonds. The molecule has 0 aromatic carbocycles. The highest BCUT2D eigenvalue weighted by Gasteiger charge is 2.21. The molecular weight excluding hydrogens is 236 g/mol. The van der Waals surface area contributed by atoms with Gasteiger partial charge in [0.1, 0.15) is 17.6 Å². The molecule has 0 fully saturated rings. The van der Waals surface area contributed by atoms with E-state index in [1.165, 1.54) is 19.2 Å². The molecule has 1 aromatic rings. The van der Waals surface area contributed by atoms with E-state index in [0.29, 0.717) is 12.2 Å². The normalized spacial score (nSPS) is 14.2. The van der Waals surface area contributed by atoms with Crippen molar-refractivity contribution in [3.8, 4) is 5.75 Å². The fourth-order valence-corrected chi connectivity index (χ4v) is 1.69. The third kappa shape index (κ3) is 4.16. The largest absolute Gasteiger partial charge is 0.496 e. The number of hydrogen-bond donors (Lipinski definition) is 2. The first-order valence-corrected chi connectivity index (χ1v) is 6.13. The van der Waals surface area contributed by atoms with Crippen LogP contribution in [0.2, 0.25) is 0 Å². The Morgan fingerprint density at radius 1 is 1.33 bits per heavy atom. The lowest BCUT2D eigenvalue weighted by atomic mass is 10.0. The standard InChI is InChI=1S/C13H20O5/c1-3-4-5-6-10(14)13(16)11-7-9(17-2)8-12(15)18-11/h7-8,10,13-14,16H,3-6H2,1-2H3/t10-,13-/m1/s1. The summed E-state index contributed by atoms with van der Waals surface area (Å²) in [7, 11) is 1.42. The Bertz CT molecular complexity index is 412. The van der Waals surface area contributed by atoms with Crippen molar-refractivity contribution in [2.45, 2.75) is 44.8 Å². The molecule has 0 saturated carbocycles. The fraction of sp³-hybridized carbons (Fsp3) is 0.615. The monoisotopic (exact) mass is 256 g/mol. The molecule has 0 radical (unpaired) electrons. The van der Waals surface area contributed by atoms with Crippen LogP contribution in [0.1, 0.15) is 44.5 Å². The maximum Gasteiger partial charge on any atom is 0.339 e. The van der Waals surface area contributed by atoms with Gasteiger partial charge in [0.05, 0.1) is 19.3 Å². The number of unbranched alkanes of at least 4 members (excludes halogenated alkanes) is 2. The summed E-state index contributed by atoms with van der Waals surface area (Å²) in [6, 6.07) is 2.59. The summed E-state index contributed by atoms with van der Waals surface area (Å²) in [6.07, 6.45) is 1.18. The minimum Gasteiger partial charge on any atom is -0.496 e. The molecule has 0 unspecified atom stereocenters. The Hall–Kier alpha value is -1.33. The SMILES string of the molecule is CCCCC[C@@H](O)[C@@H](O)c1cc(OC)cc(=O)o1. The van der Waals surface area contributed by atoms with Gasteiger partial charge >= 0.3 is 5.63 Å². The maximum atomic E-state index is 11.2. The van der Waals surface area contributed by atoms with Crippen LogP contribution in [-0.2, 0) is 0 Å². The first-order chi connectivity index (χ1) is 8.58. The van der Waals surface area contributed by atoms with E-state index >= 15 is 0 Å². The van der Waals surface area contributed by atoms with E-state index in [9.17, 15) is 15.0 Å². The number of aliphatic hydroxyl groups is 2. The molecule has 1 aromatic heterocycles. The van der Waals surface area contributed by atoms with E-state index in [4.69, 9.17) is 9.15 Å². The van der Waals surface area contributed by atoms with Crippen LogP contribution < -0.4 is 10.4 Å². The van der Waals surface area contributed by atoms with E-state index in [0.717, 1.165) is 19.3 Å². The van der Waals surface area contributed by atoms with E-state index < -0.39 is 17.8 Å². The van der Waals surface area contributed by atoms with Gasteiger partial charge < -0.3 is 19.4 Å². The van der Waals surface area contributed by atoms with Gasteiger partial charge in [-0.25, -0.2) is 4.79 Å². The van der Waals surface area contributed by atoms with Gasteiger partial charge in [0.2, 0.25) is 0 Å². The molecule has 1 rings (SSSR count).